The Labute approximate surface area is 116 Å². The Morgan fingerprint density at radius 1 is 1.32 bits per heavy atom. The molecular weight excluding hydrogens is 236 g/mol. The molecule has 0 amide bonds. The van der Waals surface area contributed by atoms with Crippen molar-refractivity contribution in [3.8, 4) is 0 Å². The predicted octanol–water partition coefficient (Wildman–Crippen LogP) is 2.58. The van der Waals surface area contributed by atoms with Crippen LogP contribution in [0.15, 0.2) is 24.3 Å². The Morgan fingerprint density at radius 2 is 2.05 bits per heavy atom. The van der Waals surface area contributed by atoms with E-state index in [1.54, 1.807) is 0 Å². The van der Waals surface area contributed by atoms with Crippen molar-refractivity contribution in [1.82, 2.24) is 0 Å². The van der Waals surface area contributed by atoms with Crippen molar-refractivity contribution in [3.63, 3.8) is 0 Å². The number of rotatable bonds is 5. The maximum absolute atomic E-state index is 6.04. The van der Waals surface area contributed by atoms with Gasteiger partial charge >= 0.3 is 0 Å². The molecule has 1 fully saturated rings. The van der Waals surface area contributed by atoms with Crippen LogP contribution in [0.4, 0.5) is 5.69 Å². The first-order valence-electron chi connectivity index (χ1n) is 7.28. The topological polar surface area (TPSA) is 38.5 Å². The number of hydrogen-bond donors (Lipinski definition) is 1. The summed E-state index contributed by atoms with van der Waals surface area (Å²) in [7, 11) is 0. The zero-order valence-corrected chi connectivity index (χ0v) is 12.2. The fraction of sp³-hybridized carbons (Fsp3) is 0.625. The lowest BCUT2D eigenvalue weighted by molar-refractivity contribution is 0.00129. The lowest BCUT2D eigenvalue weighted by Gasteiger charge is -2.40. The van der Waals surface area contributed by atoms with Crippen molar-refractivity contribution < 1.29 is 4.74 Å². The number of hydrogen-bond acceptors (Lipinski definition) is 3. The van der Waals surface area contributed by atoms with Gasteiger partial charge in [0.15, 0.2) is 0 Å². The van der Waals surface area contributed by atoms with Crippen LogP contribution in [-0.2, 0) is 4.74 Å². The van der Waals surface area contributed by atoms with E-state index >= 15 is 0 Å². The molecular formula is C16H26N2O. The van der Waals surface area contributed by atoms with Gasteiger partial charge in [-0.25, -0.2) is 0 Å². The van der Waals surface area contributed by atoms with Gasteiger partial charge < -0.3 is 15.4 Å². The van der Waals surface area contributed by atoms with Crippen molar-refractivity contribution in [1.29, 1.82) is 0 Å². The monoisotopic (exact) mass is 262 g/mol. The highest BCUT2D eigenvalue weighted by atomic mass is 16.5. The van der Waals surface area contributed by atoms with Gasteiger partial charge in [-0.1, -0.05) is 17.7 Å². The largest absolute Gasteiger partial charge is 0.381 e. The van der Waals surface area contributed by atoms with Gasteiger partial charge in [0.1, 0.15) is 0 Å². The van der Waals surface area contributed by atoms with E-state index in [2.05, 4.69) is 43.0 Å². The average molecular weight is 262 g/mol. The number of nitrogens with two attached hydrogens (primary N) is 1. The van der Waals surface area contributed by atoms with Crippen LogP contribution < -0.4 is 10.6 Å². The van der Waals surface area contributed by atoms with Crippen molar-refractivity contribution in [2.45, 2.75) is 26.7 Å². The van der Waals surface area contributed by atoms with Gasteiger partial charge in [-0.05, 0) is 38.8 Å². The molecule has 1 heterocycles. The quantitative estimate of drug-likeness (QED) is 0.886. The van der Waals surface area contributed by atoms with Crippen LogP contribution in [0.25, 0.3) is 0 Å². The maximum Gasteiger partial charge on any atom is 0.0551 e. The summed E-state index contributed by atoms with van der Waals surface area (Å²) in [4.78, 5) is 2.42. The smallest absolute Gasteiger partial charge is 0.0551 e. The second-order valence-corrected chi connectivity index (χ2v) is 5.71. The van der Waals surface area contributed by atoms with E-state index in [9.17, 15) is 0 Å². The lowest BCUT2D eigenvalue weighted by atomic mass is 9.82. The van der Waals surface area contributed by atoms with Crippen molar-refractivity contribution >= 4 is 5.69 Å². The zero-order valence-electron chi connectivity index (χ0n) is 12.2. The highest BCUT2D eigenvalue weighted by Gasteiger charge is 2.33. The SMILES string of the molecule is CCN(CC1(CN)CCCOC1)c1ccc(C)cc1. The molecule has 0 bridgehead atoms. The third-order valence-corrected chi connectivity index (χ3v) is 4.14. The fourth-order valence-corrected chi connectivity index (χ4v) is 2.81. The summed E-state index contributed by atoms with van der Waals surface area (Å²) < 4.78 is 5.67. The summed E-state index contributed by atoms with van der Waals surface area (Å²) in [5.41, 5.74) is 8.75. The van der Waals surface area contributed by atoms with E-state index in [0.717, 1.165) is 32.7 Å². The van der Waals surface area contributed by atoms with E-state index in [4.69, 9.17) is 10.5 Å². The van der Waals surface area contributed by atoms with E-state index in [0.29, 0.717) is 6.54 Å². The molecule has 3 heteroatoms. The molecule has 19 heavy (non-hydrogen) atoms. The first kappa shape index (κ1) is 14.4. The van der Waals surface area contributed by atoms with Crippen LogP contribution in [0.3, 0.4) is 0 Å². The Hall–Kier alpha value is -1.06. The molecule has 1 aliphatic rings. The number of nitrogens with zero attached hydrogens (tertiary/aromatic N) is 1. The lowest BCUT2D eigenvalue weighted by Crippen LogP contribution is -2.48. The van der Waals surface area contributed by atoms with Gasteiger partial charge in [-0.2, -0.15) is 0 Å². The molecule has 1 atom stereocenters. The molecule has 0 spiro atoms. The fourth-order valence-electron chi connectivity index (χ4n) is 2.81. The number of anilines is 1. The Kier molecular flexibility index (Phi) is 4.83. The first-order valence-corrected chi connectivity index (χ1v) is 7.28. The Bertz CT molecular complexity index is 382. The molecule has 1 aliphatic heterocycles. The van der Waals surface area contributed by atoms with Gasteiger partial charge in [0.05, 0.1) is 6.61 Å². The molecule has 0 aliphatic carbocycles. The molecule has 2 rings (SSSR count). The maximum atomic E-state index is 6.04. The van der Waals surface area contributed by atoms with Crippen LogP contribution >= 0.6 is 0 Å². The van der Waals surface area contributed by atoms with E-state index < -0.39 is 0 Å². The molecule has 2 N–H and O–H groups in total. The van der Waals surface area contributed by atoms with Crippen molar-refractivity contribution in [3.05, 3.63) is 29.8 Å². The van der Waals surface area contributed by atoms with E-state index in [1.807, 2.05) is 0 Å². The summed E-state index contributed by atoms with van der Waals surface area (Å²) >= 11 is 0. The van der Waals surface area contributed by atoms with Gasteiger partial charge in [0, 0.05) is 37.3 Å². The second kappa shape index (κ2) is 6.40. The Morgan fingerprint density at radius 3 is 2.58 bits per heavy atom. The minimum Gasteiger partial charge on any atom is -0.381 e. The summed E-state index contributed by atoms with van der Waals surface area (Å²) in [5.74, 6) is 0. The molecule has 0 radical (unpaired) electrons. The van der Waals surface area contributed by atoms with Crippen molar-refractivity contribution in [2.75, 3.05) is 37.7 Å². The number of benzene rings is 1. The first-order chi connectivity index (χ1) is 9.19. The zero-order chi connectivity index (χ0) is 13.7. The second-order valence-electron chi connectivity index (χ2n) is 5.71. The van der Waals surface area contributed by atoms with E-state index in [1.165, 1.54) is 17.7 Å². The summed E-state index contributed by atoms with van der Waals surface area (Å²) in [6.07, 6.45) is 2.30. The summed E-state index contributed by atoms with van der Waals surface area (Å²) in [6.45, 7) is 8.71. The third-order valence-electron chi connectivity index (χ3n) is 4.14. The number of ether oxygens (including phenoxy) is 1. The Balaban J connectivity index is 2.11. The molecule has 1 aromatic carbocycles. The predicted molar refractivity (Wildman–Crippen MR) is 80.6 cm³/mol. The molecule has 1 unspecified atom stereocenters. The number of aryl methyl sites for hydroxylation is 1. The summed E-state index contributed by atoms with van der Waals surface area (Å²) in [5, 5.41) is 0. The van der Waals surface area contributed by atoms with Gasteiger partial charge in [0.25, 0.3) is 0 Å². The highest BCUT2D eigenvalue weighted by Crippen LogP contribution is 2.30. The van der Waals surface area contributed by atoms with Crippen LogP contribution in [0, 0.1) is 12.3 Å². The van der Waals surface area contributed by atoms with Gasteiger partial charge in [0.2, 0.25) is 0 Å². The summed E-state index contributed by atoms with van der Waals surface area (Å²) in [6, 6.07) is 8.74. The van der Waals surface area contributed by atoms with Gasteiger partial charge in [-0.15, -0.1) is 0 Å². The molecule has 0 aromatic heterocycles. The minimum absolute atomic E-state index is 0.124. The molecule has 106 valence electrons. The van der Waals surface area contributed by atoms with Gasteiger partial charge in [-0.3, -0.25) is 0 Å². The minimum atomic E-state index is 0.124. The molecule has 1 saturated heterocycles. The van der Waals surface area contributed by atoms with Crippen LogP contribution in [0.5, 0.6) is 0 Å². The molecule has 3 nitrogen and oxygen atoms in total. The van der Waals surface area contributed by atoms with Crippen LogP contribution in [0.2, 0.25) is 0 Å². The normalized spacial score (nSPS) is 23.3. The third kappa shape index (κ3) is 3.48. The van der Waals surface area contributed by atoms with Crippen molar-refractivity contribution in [2.24, 2.45) is 11.1 Å². The van der Waals surface area contributed by atoms with Crippen LogP contribution in [0.1, 0.15) is 25.3 Å². The van der Waals surface area contributed by atoms with Crippen LogP contribution in [-0.4, -0.2) is 32.8 Å². The highest BCUT2D eigenvalue weighted by molar-refractivity contribution is 5.47. The average Bonchev–Trinajstić information content (AvgIpc) is 2.47. The standard InChI is InChI=1S/C16H26N2O/c1-3-18(15-7-5-14(2)6-8-15)12-16(11-17)9-4-10-19-13-16/h5-8H,3-4,9-13,17H2,1-2H3. The van der Waals surface area contributed by atoms with E-state index in [-0.39, 0.29) is 5.41 Å². The molecule has 1 aromatic rings. The molecule has 0 saturated carbocycles.